The lowest BCUT2D eigenvalue weighted by Gasteiger charge is -2.27. The van der Waals surface area contributed by atoms with E-state index in [4.69, 9.17) is 10.5 Å². The Morgan fingerprint density at radius 1 is 1.52 bits per heavy atom. The molecular formula is C15H21FN4O3. The summed E-state index contributed by atoms with van der Waals surface area (Å²) in [5.41, 5.74) is 6.01. The standard InChI is InChI=1S/C15H21FN4O3/c1-2-18-13(8-17)15(22)19-12-4-3-10(7-11(12)16)20-5-6-23-9-14(20)21/h3-4,7,13,18H,2,5-6,8-9,17H2,1H3,(H,19,22)/t13-/m0/s1. The van der Waals surface area contributed by atoms with Gasteiger partial charge in [0.15, 0.2) is 0 Å². The van der Waals surface area contributed by atoms with Crippen LogP contribution in [0, 0.1) is 5.82 Å². The number of rotatable bonds is 6. The highest BCUT2D eigenvalue weighted by Crippen LogP contribution is 2.23. The zero-order valence-electron chi connectivity index (χ0n) is 13.0. The molecule has 0 saturated carbocycles. The Morgan fingerprint density at radius 2 is 2.30 bits per heavy atom. The molecule has 8 heteroatoms. The molecule has 4 N–H and O–H groups in total. The summed E-state index contributed by atoms with van der Waals surface area (Å²) in [7, 11) is 0. The molecule has 0 aliphatic carbocycles. The van der Waals surface area contributed by atoms with Crippen molar-refractivity contribution >= 4 is 23.2 Å². The SMILES string of the molecule is CCN[C@@H](CN)C(=O)Nc1ccc(N2CCOCC2=O)cc1F. The Balaban J connectivity index is 2.10. The normalized spacial score (nSPS) is 16.3. The van der Waals surface area contributed by atoms with Gasteiger partial charge in [-0.3, -0.25) is 9.59 Å². The fraction of sp³-hybridized carbons (Fsp3) is 0.467. The van der Waals surface area contributed by atoms with Crippen LogP contribution >= 0.6 is 0 Å². The molecular weight excluding hydrogens is 303 g/mol. The molecule has 1 heterocycles. The number of halogens is 1. The summed E-state index contributed by atoms with van der Waals surface area (Å²) in [5, 5.41) is 5.42. The smallest absolute Gasteiger partial charge is 0.253 e. The van der Waals surface area contributed by atoms with Crippen LogP contribution < -0.4 is 21.3 Å². The number of anilines is 2. The van der Waals surface area contributed by atoms with E-state index in [2.05, 4.69) is 10.6 Å². The number of likely N-dealkylation sites (N-methyl/N-ethyl adjacent to an activating group) is 1. The van der Waals surface area contributed by atoms with Gasteiger partial charge < -0.3 is 26.0 Å². The van der Waals surface area contributed by atoms with Crippen LogP contribution in [0.3, 0.4) is 0 Å². The molecule has 1 fully saturated rings. The number of nitrogens with zero attached hydrogens (tertiary/aromatic N) is 1. The Bertz CT molecular complexity index is 582. The molecule has 1 aliphatic heterocycles. The third-order valence-corrected chi connectivity index (χ3v) is 3.51. The number of ether oxygens (including phenoxy) is 1. The quantitative estimate of drug-likeness (QED) is 0.688. The van der Waals surface area contributed by atoms with Crippen molar-refractivity contribution in [3.05, 3.63) is 24.0 Å². The van der Waals surface area contributed by atoms with Gasteiger partial charge in [-0.15, -0.1) is 0 Å². The van der Waals surface area contributed by atoms with Crippen molar-refractivity contribution in [2.45, 2.75) is 13.0 Å². The number of amides is 2. The number of nitrogens with one attached hydrogen (secondary N) is 2. The van der Waals surface area contributed by atoms with E-state index in [-0.39, 0.29) is 24.7 Å². The molecule has 1 aliphatic rings. The summed E-state index contributed by atoms with van der Waals surface area (Å²) in [4.78, 5) is 25.2. The Kier molecular flexibility index (Phi) is 6.03. The molecule has 1 saturated heterocycles. The minimum absolute atomic E-state index is 0.0129. The van der Waals surface area contributed by atoms with Crippen LogP contribution in [0.5, 0.6) is 0 Å². The molecule has 1 aromatic rings. The van der Waals surface area contributed by atoms with Gasteiger partial charge in [-0.05, 0) is 24.7 Å². The second kappa shape index (κ2) is 8.00. The minimum atomic E-state index is -0.609. The molecule has 0 bridgehead atoms. The lowest BCUT2D eigenvalue weighted by Crippen LogP contribution is -2.45. The fourth-order valence-corrected chi connectivity index (χ4v) is 2.31. The van der Waals surface area contributed by atoms with Crippen molar-refractivity contribution in [1.82, 2.24) is 5.32 Å². The van der Waals surface area contributed by atoms with Gasteiger partial charge in [0.25, 0.3) is 5.91 Å². The third kappa shape index (κ3) is 4.25. The minimum Gasteiger partial charge on any atom is -0.370 e. The number of nitrogens with two attached hydrogens (primary N) is 1. The maximum absolute atomic E-state index is 14.2. The van der Waals surface area contributed by atoms with E-state index < -0.39 is 17.8 Å². The van der Waals surface area contributed by atoms with Gasteiger partial charge in [0.05, 0.1) is 18.3 Å². The van der Waals surface area contributed by atoms with Crippen LogP contribution in [0.1, 0.15) is 6.92 Å². The average Bonchev–Trinajstić information content (AvgIpc) is 2.55. The van der Waals surface area contributed by atoms with E-state index in [1.54, 1.807) is 6.07 Å². The van der Waals surface area contributed by atoms with E-state index in [1.165, 1.54) is 17.0 Å². The second-order valence-corrected chi connectivity index (χ2v) is 5.10. The van der Waals surface area contributed by atoms with Crippen molar-refractivity contribution in [3.8, 4) is 0 Å². The summed E-state index contributed by atoms with van der Waals surface area (Å²) < 4.78 is 19.3. The monoisotopic (exact) mass is 324 g/mol. The van der Waals surface area contributed by atoms with Crippen LogP contribution in [-0.2, 0) is 14.3 Å². The summed E-state index contributed by atoms with van der Waals surface area (Å²) in [6.07, 6.45) is 0. The summed E-state index contributed by atoms with van der Waals surface area (Å²) in [5.74, 6) is -1.23. The van der Waals surface area contributed by atoms with Crippen molar-refractivity contribution in [2.24, 2.45) is 5.73 Å². The first-order valence-corrected chi connectivity index (χ1v) is 7.48. The predicted octanol–water partition coefficient (Wildman–Crippen LogP) is 0.0642. The molecule has 0 unspecified atom stereocenters. The van der Waals surface area contributed by atoms with Crippen LogP contribution in [0.15, 0.2) is 18.2 Å². The lowest BCUT2D eigenvalue weighted by atomic mass is 10.2. The number of hydrogen-bond donors (Lipinski definition) is 3. The largest absolute Gasteiger partial charge is 0.370 e. The van der Waals surface area contributed by atoms with Crippen molar-refractivity contribution in [1.29, 1.82) is 0 Å². The maximum Gasteiger partial charge on any atom is 0.253 e. The molecule has 7 nitrogen and oxygen atoms in total. The van der Waals surface area contributed by atoms with Gasteiger partial charge >= 0.3 is 0 Å². The molecule has 0 spiro atoms. The Hall–Kier alpha value is -2.03. The van der Waals surface area contributed by atoms with Gasteiger partial charge in [-0.1, -0.05) is 6.92 Å². The first-order valence-electron chi connectivity index (χ1n) is 7.48. The highest BCUT2D eigenvalue weighted by Gasteiger charge is 2.22. The summed E-state index contributed by atoms with van der Waals surface area (Å²) in [6.45, 7) is 3.31. The van der Waals surface area contributed by atoms with E-state index >= 15 is 0 Å². The van der Waals surface area contributed by atoms with Gasteiger partial charge in [0, 0.05) is 18.8 Å². The highest BCUT2D eigenvalue weighted by molar-refractivity contribution is 5.97. The third-order valence-electron chi connectivity index (χ3n) is 3.51. The topological polar surface area (TPSA) is 96.7 Å². The van der Waals surface area contributed by atoms with Crippen LogP contribution in [0.25, 0.3) is 0 Å². The number of carbonyl (C=O) groups excluding carboxylic acids is 2. The van der Waals surface area contributed by atoms with E-state index in [1.807, 2.05) is 6.92 Å². The molecule has 1 aromatic carbocycles. The molecule has 2 rings (SSSR count). The average molecular weight is 324 g/mol. The van der Waals surface area contributed by atoms with Gasteiger partial charge in [-0.2, -0.15) is 0 Å². The summed E-state index contributed by atoms with van der Waals surface area (Å²) >= 11 is 0. The number of hydrogen-bond acceptors (Lipinski definition) is 5. The van der Waals surface area contributed by atoms with Gasteiger partial charge in [0.2, 0.25) is 5.91 Å². The molecule has 23 heavy (non-hydrogen) atoms. The van der Waals surface area contributed by atoms with Crippen molar-refractivity contribution in [2.75, 3.05) is 43.1 Å². The number of morpholine rings is 1. The van der Waals surface area contributed by atoms with Crippen molar-refractivity contribution in [3.63, 3.8) is 0 Å². The maximum atomic E-state index is 14.2. The van der Waals surface area contributed by atoms with E-state index in [9.17, 15) is 14.0 Å². The first kappa shape index (κ1) is 17.3. The van der Waals surface area contributed by atoms with Gasteiger partial charge in [-0.25, -0.2) is 4.39 Å². The Morgan fingerprint density at radius 3 is 2.91 bits per heavy atom. The van der Waals surface area contributed by atoms with Crippen molar-refractivity contribution < 1.29 is 18.7 Å². The zero-order valence-corrected chi connectivity index (χ0v) is 13.0. The molecule has 0 radical (unpaired) electrons. The van der Waals surface area contributed by atoms with E-state index in [0.717, 1.165) is 0 Å². The molecule has 126 valence electrons. The predicted molar refractivity (Wildman–Crippen MR) is 84.7 cm³/mol. The number of carbonyl (C=O) groups is 2. The van der Waals surface area contributed by atoms with Crippen LogP contribution in [0.2, 0.25) is 0 Å². The van der Waals surface area contributed by atoms with E-state index in [0.29, 0.717) is 25.4 Å². The Labute approximate surface area is 134 Å². The number of benzene rings is 1. The van der Waals surface area contributed by atoms with Gasteiger partial charge in [0.1, 0.15) is 12.4 Å². The zero-order chi connectivity index (χ0) is 16.8. The van der Waals surface area contributed by atoms with Crippen LogP contribution in [-0.4, -0.2) is 50.7 Å². The summed E-state index contributed by atoms with van der Waals surface area (Å²) in [6, 6.07) is 3.67. The molecule has 1 atom stereocenters. The first-order chi connectivity index (χ1) is 11.1. The van der Waals surface area contributed by atoms with Crippen LogP contribution in [0.4, 0.5) is 15.8 Å². The molecule has 2 amide bonds. The second-order valence-electron chi connectivity index (χ2n) is 5.10. The fourth-order valence-electron chi connectivity index (χ4n) is 2.31. The molecule has 0 aromatic heterocycles. The highest BCUT2D eigenvalue weighted by atomic mass is 19.1. The lowest BCUT2D eigenvalue weighted by molar-refractivity contribution is -0.125.